The molecule has 0 unspecified atom stereocenters. The van der Waals surface area contributed by atoms with E-state index in [2.05, 4.69) is 10.3 Å². The summed E-state index contributed by atoms with van der Waals surface area (Å²) in [6, 6.07) is 14.1. The molecule has 3 aromatic rings. The molecule has 10 heteroatoms. The SMILES string of the molecule is [NH-]C(=O)Cn1c(-c2ccc(F)cc2)ncc(NC(=O)OCc2ccccc2)c1=O.[Y+3]. The van der Waals surface area contributed by atoms with Gasteiger partial charge in [-0.2, -0.15) is 0 Å². The van der Waals surface area contributed by atoms with E-state index in [1.165, 1.54) is 24.3 Å². The standard InChI is InChI=1S/C20H17FN4O4.Y/c21-15-8-6-14(7-9-15)18-23-10-16(19(27)25(18)11-17(22)26)24-20(28)29-12-13-4-2-1-3-5-13;/h1-10H,11-12H2,(H3,22,24,26,28);/q;+3/p-1. The van der Waals surface area contributed by atoms with Crippen LogP contribution in [0.5, 0.6) is 0 Å². The van der Waals surface area contributed by atoms with Crippen LogP contribution in [0, 0.1) is 5.82 Å². The summed E-state index contributed by atoms with van der Waals surface area (Å²) in [5.41, 5.74) is 7.37. The van der Waals surface area contributed by atoms with Crippen LogP contribution in [0.15, 0.2) is 65.6 Å². The van der Waals surface area contributed by atoms with Gasteiger partial charge in [0.15, 0.2) is 0 Å². The van der Waals surface area contributed by atoms with Crippen LogP contribution < -0.4 is 10.9 Å². The molecular weight excluding hydrogens is 468 g/mol. The molecule has 0 aliphatic carbocycles. The summed E-state index contributed by atoms with van der Waals surface area (Å²) in [7, 11) is 0. The largest absolute Gasteiger partial charge is 3.00 e. The van der Waals surface area contributed by atoms with Gasteiger partial charge < -0.3 is 15.3 Å². The van der Waals surface area contributed by atoms with E-state index in [0.29, 0.717) is 5.56 Å². The molecule has 2 amide bonds. The number of rotatable bonds is 6. The zero-order valence-corrected chi connectivity index (χ0v) is 18.5. The smallest absolute Gasteiger partial charge is 0.666 e. The first kappa shape index (κ1) is 23.4. The topological polar surface area (TPSA) is 114 Å². The van der Waals surface area contributed by atoms with Crippen molar-refractivity contribution in [2.45, 2.75) is 13.2 Å². The number of hydrogen-bond acceptors (Lipinski definition) is 5. The Balaban J connectivity index is 0.00000320. The second-order valence-corrected chi connectivity index (χ2v) is 6.00. The molecular formula is C20H16FN4O4Y+2. The van der Waals surface area contributed by atoms with Crippen LogP contribution in [0.4, 0.5) is 14.9 Å². The van der Waals surface area contributed by atoms with Crippen LogP contribution in [0.2, 0.25) is 0 Å². The number of ether oxygens (including phenoxy) is 1. The Kier molecular flexibility index (Phi) is 8.38. The molecule has 30 heavy (non-hydrogen) atoms. The summed E-state index contributed by atoms with van der Waals surface area (Å²) in [6.45, 7) is -0.569. The maximum absolute atomic E-state index is 13.2. The number of hydrogen-bond donors (Lipinski definition) is 1. The van der Waals surface area contributed by atoms with Gasteiger partial charge in [0.1, 0.15) is 23.9 Å². The molecule has 0 fully saturated rings. The Morgan fingerprint density at radius 2 is 1.77 bits per heavy atom. The van der Waals surface area contributed by atoms with Crippen LogP contribution in [0.1, 0.15) is 5.56 Å². The fraction of sp³-hybridized carbons (Fsp3) is 0.100. The third-order valence-electron chi connectivity index (χ3n) is 3.90. The Morgan fingerprint density at radius 3 is 2.40 bits per heavy atom. The fourth-order valence-electron chi connectivity index (χ4n) is 2.57. The van der Waals surface area contributed by atoms with Crippen molar-refractivity contribution in [3.05, 3.63) is 88.3 Å². The van der Waals surface area contributed by atoms with Crippen molar-refractivity contribution in [3.8, 4) is 11.4 Å². The molecule has 1 aromatic heterocycles. The number of carbonyl (C=O) groups is 2. The molecule has 3 rings (SSSR count). The van der Waals surface area contributed by atoms with E-state index in [1.807, 2.05) is 6.07 Å². The predicted molar refractivity (Wildman–Crippen MR) is 103 cm³/mol. The first-order valence-electron chi connectivity index (χ1n) is 8.52. The maximum Gasteiger partial charge on any atom is 3.00 e. The molecule has 148 valence electrons. The molecule has 0 radical (unpaired) electrons. The average Bonchev–Trinajstić information content (AvgIpc) is 2.71. The van der Waals surface area contributed by atoms with Gasteiger partial charge >= 0.3 is 38.8 Å². The Morgan fingerprint density at radius 1 is 1.10 bits per heavy atom. The number of benzene rings is 2. The molecule has 2 aromatic carbocycles. The van der Waals surface area contributed by atoms with Crippen LogP contribution in [0.25, 0.3) is 17.1 Å². The van der Waals surface area contributed by atoms with E-state index in [4.69, 9.17) is 10.5 Å². The van der Waals surface area contributed by atoms with Crippen molar-refractivity contribution in [1.29, 1.82) is 0 Å². The summed E-state index contributed by atoms with van der Waals surface area (Å²) >= 11 is 0. The Bertz CT molecular complexity index is 1090. The minimum absolute atomic E-state index is 0. The first-order valence-corrected chi connectivity index (χ1v) is 8.52. The second kappa shape index (κ2) is 10.8. The van der Waals surface area contributed by atoms with Crippen LogP contribution in [-0.4, -0.2) is 21.6 Å². The number of aromatic nitrogens is 2. The normalized spacial score (nSPS) is 10.0. The third kappa shape index (κ3) is 6.04. The Labute approximate surface area is 196 Å². The van der Waals surface area contributed by atoms with E-state index in [-0.39, 0.29) is 50.8 Å². The zero-order chi connectivity index (χ0) is 20.8. The summed E-state index contributed by atoms with van der Waals surface area (Å²) in [6.07, 6.45) is 0.251. The first-order chi connectivity index (χ1) is 13.9. The summed E-state index contributed by atoms with van der Waals surface area (Å²) < 4.78 is 19.2. The molecule has 0 atom stereocenters. The summed E-state index contributed by atoms with van der Waals surface area (Å²) in [5, 5.41) is 2.29. The molecule has 0 bridgehead atoms. The minimum atomic E-state index is -1.03. The predicted octanol–water partition coefficient (Wildman–Crippen LogP) is 3.37. The van der Waals surface area contributed by atoms with Gasteiger partial charge in [0, 0.05) is 5.56 Å². The van der Waals surface area contributed by atoms with E-state index in [9.17, 15) is 18.8 Å². The van der Waals surface area contributed by atoms with Gasteiger partial charge in [-0.1, -0.05) is 30.3 Å². The van der Waals surface area contributed by atoms with Crippen molar-refractivity contribution < 1.29 is 51.4 Å². The van der Waals surface area contributed by atoms with Gasteiger partial charge in [-0.3, -0.25) is 14.7 Å². The van der Waals surface area contributed by atoms with Gasteiger partial charge in [0.25, 0.3) is 5.56 Å². The zero-order valence-electron chi connectivity index (χ0n) is 15.7. The van der Waals surface area contributed by atoms with E-state index >= 15 is 0 Å². The number of nitrogens with zero attached hydrogens (tertiary/aromatic N) is 2. The number of amides is 2. The van der Waals surface area contributed by atoms with Crippen LogP contribution >= 0.6 is 0 Å². The van der Waals surface area contributed by atoms with Gasteiger partial charge in [0.05, 0.1) is 18.6 Å². The van der Waals surface area contributed by atoms with E-state index in [1.54, 1.807) is 24.3 Å². The van der Waals surface area contributed by atoms with Crippen LogP contribution in [-0.2, 0) is 55.4 Å². The van der Waals surface area contributed by atoms with Crippen LogP contribution in [0.3, 0.4) is 0 Å². The molecule has 2 N–H and O–H groups in total. The van der Waals surface area contributed by atoms with Crippen molar-refractivity contribution in [1.82, 2.24) is 9.55 Å². The number of nitrogens with one attached hydrogen (secondary N) is 2. The molecule has 0 saturated heterocycles. The second-order valence-electron chi connectivity index (χ2n) is 6.00. The van der Waals surface area contributed by atoms with Gasteiger partial charge in [-0.15, -0.1) is 0 Å². The molecule has 0 saturated carbocycles. The van der Waals surface area contributed by atoms with Crippen molar-refractivity contribution in [2.75, 3.05) is 5.32 Å². The number of halogens is 1. The minimum Gasteiger partial charge on any atom is -0.666 e. The Hall–Kier alpha value is -2.91. The molecule has 0 aliphatic heterocycles. The quantitative estimate of drug-likeness (QED) is 0.577. The number of carbonyl (C=O) groups excluding carboxylic acids is 2. The van der Waals surface area contributed by atoms with E-state index < -0.39 is 29.9 Å². The number of anilines is 1. The molecule has 8 nitrogen and oxygen atoms in total. The fourth-order valence-corrected chi connectivity index (χ4v) is 2.57. The van der Waals surface area contributed by atoms with Gasteiger partial charge in [-0.05, 0) is 29.8 Å². The summed E-state index contributed by atoms with van der Waals surface area (Å²) in [4.78, 5) is 40.1. The monoisotopic (exact) mass is 484 g/mol. The molecule has 0 aliphatic rings. The van der Waals surface area contributed by atoms with E-state index in [0.717, 1.165) is 16.3 Å². The average molecular weight is 484 g/mol. The van der Waals surface area contributed by atoms with Crippen molar-refractivity contribution in [3.63, 3.8) is 0 Å². The van der Waals surface area contributed by atoms with Gasteiger partial charge in [0.2, 0.25) is 0 Å². The van der Waals surface area contributed by atoms with Gasteiger partial charge in [-0.25, -0.2) is 14.2 Å². The molecule has 0 spiro atoms. The molecule has 1 heterocycles. The van der Waals surface area contributed by atoms with Crippen molar-refractivity contribution >= 4 is 17.7 Å². The summed E-state index contributed by atoms with van der Waals surface area (Å²) in [5.74, 6) is -1.43. The third-order valence-corrected chi connectivity index (χ3v) is 3.90. The van der Waals surface area contributed by atoms with Crippen molar-refractivity contribution in [2.24, 2.45) is 0 Å². The maximum atomic E-state index is 13.2.